The first-order valence-corrected chi connectivity index (χ1v) is 10.3. The molecule has 5 nitrogen and oxygen atoms in total. The van der Waals surface area contributed by atoms with E-state index in [1.807, 2.05) is 18.2 Å². The molecular formula is C15H20N4OSi. The zero-order valence-electron chi connectivity index (χ0n) is 12.6. The van der Waals surface area contributed by atoms with Gasteiger partial charge in [-0.1, -0.05) is 30.3 Å². The van der Waals surface area contributed by atoms with Crippen molar-refractivity contribution in [3.8, 4) is 0 Å². The molecule has 0 saturated carbocycles. The van der Waals surface area contributed by atoms with E-state index in [-0.39, 0.29) is 6.04 Å². The van der Waals surface area contributed by atoms with Gasteiger partial charge in [0.15, 0.2) is 14.1 Å². The summed E-state index contributed by atoms with van der Waals surface area (Å²) < 4.78 is 6.01. The third-order valence-corrected chi connectivity index (χ3v) is 3.77. The van der Waals surface area contributed by atoms with Crippen LogP contribution >= 0.6 is 0 Å². The molecule has 0 amide bonds. The zero-order valence-corrected chi connectivity index (χ0v) is 13.6. The van der Waals surface area contributed by atoms with Crippen LogP contribution in [-0.4, -0.2) is 36.1 Å². The van der Waals surface area contributed by atoms with Gasteiger partial charge in [-0.2, -0.15) is 0 Å². The molecule has 2 aromatic rings. The molecule has 0 radical (unpaired) electrons. The second-order valence-corrected chi connectivity index (χ2v) is 10.1. The van der Waals surface area contributed by atoms with Crippen molar-refractivity contribution in [1.29, 1.82) is 0 Å². The fourth-order valence-corrected chi connectivity index (χ4v) is 2.36. The summed E-state index contributed by atoms with van der Waals surface area (Å²) in [6.07, 6.45) is 4.60. The van der Waals surface area contributed by atoms with E-state index in [0.717, 1.165) is 5.56 Å². The van der Waals surface area contributed by atoms with Gasteiger partial charge in [0, 0.05) is 0 Å². The Hall–Kier alpha value is -1.92. The Morgan fingerprint density at radius 2 is 1.81 bits per heavy atom. The summed E-state index contributed by atoms with van der Waals surface area (Å²) in [5.74, 6) is 0.555. The number of aliphatic imine (C=N–C) groups is 1. The largest absolute Gasteiger partial charge is 0.415 e. The lowest BCUT2D eigenvalue weighted by Gasteiger charge is -2.21. The van der Waals surface area contributed by atoms with E-state index < -0.39 is 8.32 Å². The SMILES string of the molecule is C[Si](C)(C)OCC(N=Cc1ncncn1)c1ccccc1. The summed E-state index contributed by atoms with van der Waals surface area (Å²) in [4.78, 5) is 16.5. The van der Waals surface area contributed by atoms with Crippen LogP contribution in [0.15, 0.2) is 48.0 Å². The molecule has 1 aromatic carbocycles. The fraction of sp³-hybridized carbons (Fsp3) is 0.333. The van der Waals surface area contributed by atoms with Crippen LogP contribution in [0.25, 0.3) is 0 Å². The van der Waals surface area contributed by atoms with Crippen molar-refractivity contribution in [1.82, 2.24) is 15.0 Å². The van der Waals surface area contributed by atoms with Crippen LogP contribution in [0.2, 0.25) is 19.6 Å². The van der Waals surface area contributed by atoms with Gasteiger partial charge in [-0.05, 0) is 25.2 Å². The minimum absolute atomic E-state index is 0.0466. The number of aromatic nitrogens is 3. The topological polar surface area (TPSA) is 60.3 Å². The number of benzene rings is 1. The average molecular weight is 300 g/mol. The van der Waals surface area contributed by atoms with Crippen LogP contribution in [0.5, 0.6) is 0 Å². The third kappa shape index (κ3) is 5.53. The monoisotopic (exact) mass is 300 g/mol. The number of hydrogen-bond acceptors (Lipinski definition) is 5. The van der Waals surface area contributed by atoms with Crippen molar-refractivity contribution in [2.24, 2.45) is 4.99 Å². The van der Waals surface area contributed by atoms with Crippen LogP contribution < -0.4 is 0 Å². The van der Waals surface area contributed by atoms with Crippen molar-refractivity contribution in [3.63, 3.8) is 0 Å². The highest BCUT2D eigenvalue weighted by molar-refractivity contribution is 6.69. The van der Waals surface area contributed by atoms with Gasteiger partial charge in [0.1, 0.15) is 12.7 Å². The standard InChI is InChI=1S/C15H20N4OSi/c1-21(2,3)20-10-14(13-7-5-4-6-8-13)17-9-15-18-11-16-12-19-15/h4-9,11-12,14H,10H2,1-3H3. The van der Waals surface area contributed by atoms with Gasteiger partial charge in [0.05, 0.1) is 18.9 Å². The molecule has 21 heavy (non-hydrogen) atoms. The van der Waals surface area contributed by atoms with Crippen LogP contribution in [-0.2, 0) is 4.43 Å². The van der Waals surface area contributed by atoms with Crippen LogP contribution in [0.4, 0.5) is 0 Å². The lowest BCUT2D eigenvalue weighted by atomic mass is 10.1. The highest BCUT2D eigenvalue weighted by atomic mass is 28.4. The Balaban J connectivity index is 2.14. The molecule has 1 unspecified atom stereocenters. The molecule has 6 heteroatoms. The molecule has 2 rings (SSSR count). The summed E-state index contributed by atoms with van der Waals surface area (Å²) in [7, 11) is -1.58. The van der Waals surface area contributed by atoms with Crippen molar-refractivity contribution >= 4 is 14.5 Å². The first kappa shape index (κ1) is 15.5. The molecule has 1 atom stereocenters. The Morgan fingerprint density at radius 1 is 1.14 bits per heavy atom. The van der Waals surface area contributed by atoms with Gasteiger partial charge in [-0.15, -0.1) is 0 Å². The van der Waals surface area contributed by atoms with E-state index in [1.54, 1.807) is 6.21 Å². The second kappa shape index (κ2) is 7.19. The van der Waals surface area contributed by atoms with Gasteiger partial charge in [-0.25, -0.2) is 15.0 Å². The first-order chi connectivity index (χ1) is 10.0. The van der Waals surface area contributed by atoms with Gasteiger partial charge in [0.2, 0.25) is 0 Å². The van der Waals surface area contributed by atoms with Crippen molar-refractivity contribution < 1.29 is 4.43 Å². The molecular weight excluding hydrogens is 280 g/mol. The Bertz CT molecular complexity index is 569. The Kier molecular flexibility index (Phi) is 5.30. The minimum Gasteiger partial charge on any atom is -0.415 e. The highest BCUT2D eigenvalue weighted by Crippen LogP contribution is 2.19. The van der Waals surface area contributed by atoms with E-state index >= 15 is 0 Å². The molecule has 1 heterocycles. The summed E-state index contributed by atoms with van der Waals surface area (Å²) in [5, 5.41) is 0. The molecule has 1 aromatic heterocycles. The summed E-state index contributed by atoms with van der Waals surface area (Å²) in [6.45, 7) is 7.08. The summed E-state index contributed by atoms with van der Waals surface area (Å²) in [5.41, 5.74) is 1.13. The van der Waals surface area contributed by atoms with Gasteiger partial charge < -0.3 is 4.43 Å². The minimum atomic E-state index is -1.58. The van der Waals surface area contributed by atoms with Gasteiger partial charge >= 0.3 is 0 Å². The molecule has 0 aliphatic rings. The molecule has 0 fully saturated rings. The van der Waals surface area contributed by atoms with Crippen LogP contribution in [0.1, 0.15) is 17.4 Å². The lowest BCUT2D eigenvalue weighted by Crippen LogP contribution is -2.27. The predicted octanol–water partition coefficient (Wildman–Crippen LogP) is 2.88. The molecule has 0 N–H and O–H groups in total. The molecule has 0 aliphatic heterocycles. The maximum atomic E-state index is 6.01. The maximum Gasteiger partial charge on any atom is 0.183 e. The van der Waals surface area contributed by atoms with E-state index in [2.05, 4.69) is 51.7 Å². The highest BCUT2D eigenvalue weighted by Gasteiger charge is 2.18. The van der Waals surface area contributed by atoms with Crippen molar-refractivity contribution in [2.75, 3.05) is 6.61 Å². The van der Waals surface area contributed by atoms with Crippen molar-refractivity contribution in [2.45, 2.75) is 25.7 Å². The van der Waals surface area contributed by atoms with Crippen LogP contribution in [0.3, 0.4) is 0 Å². The molecule has 0 spiro atoms. The number of nitrogens with zero attached hydrogens (tertiary/aromatic N) is 4. The van der Waals surface area contributed by atoms with Gasteiger partial charge in [-0.3, -0.25) is 4.99 Å². The summed E-state index contributed by atoms with van der Waals surface area (Å²) >= 11 is 0. The molecule has 0 bridgehead atoms. The summed E-state index contributed by atoms with van der Waals surface area (Å²) in [6, 6.07) is 10.1. The van der Waals surface area contributed by atoms with E-state index in [4.69, 9.17) is 4.43 Å². The molecule has 0 aliphatic carbocycles. The Labute approximate surface area is 126 Å². The smallest absolute Gasteiger partial charge is 0.183 e. The normalized spacial score (nSPS) is 13.5. The number of hydrogen-bond donors (Lipinski definition) is 0. The Morgan fingerprint density at radius 3 is 2.43 bits per heavy atom. The van der Waals surface area contributed by atoms with E-state index in [1.165, 1.54) is 12.7 Å². The zero-order chi connectivity index (χ0) is 15.1. The molecule has 0 saturated heterocycles. The quantitative estimate of drug-likeness (QED) is 0.608. The van der Waals surface area contributed by atoms with Crippen LogP contribution in [0, 0.1) is 0 Å². The second-order valence-electron chi connectivity index (χ2n) is 5.62. The van der Waals surface area contributed by atoms with Gasteiger partial charge in [0.25, 0.3) is 0 Å². The maximum absolute atomic E-state index is 6.01. The van der Waals surface area contributed by atoms with Crippen molar-refractivity contribution in [3.05, 3.63) is 54.4 Å². The number of rotatable bonds is 6. The van der Waals surface area contributed by atoms with E-state index in [0.29, 0.717) is 12.4 Å². The predicted molar refractivity (Wildman–Crippen MR) is 85.9 cm³/mol. The molecule has 110 valence electrons. The lowest BCUT2D eigenvalue weighted by molar-refractivity contribution is 0.285. The van der Waals surface area contributed by atoms with E-state index in [9.17, 15) is 0 Å². The fourth-order valence-electron chi connectivity index (χ4n) is 1.70. The third-order valence-electron chi connectivity index (χ3n) is 2.74. The average Bonchev–Trinajstić information content (AvgIpc) is 2.48. The first-order valence-electron chi connectivity index (χ1n) is 6.89.